The summed E-state index contributed by atoms with van der Waals surface area (Å²) in [6, 6.07) is 0. The van der Waals surface area contributed by atoms with E-state index in [0.717, 1.165) is 38.8 Å². The molecule has 2 aliphatic heterocycles. The summed E-state index contributed by atoms with van der Waals surface area (Å²) in [4.78, 5) is 14.3. The molecule has 0 saturated carbocycles. The number of Topliss-reactive ketones (excluding diaryl/α,β-unsaturated/α-hetero) is 1. The molecule has 0 aromatic rings. The molecule has 13 heavy (non-hydrogen) atoms. The number of fused-ring (bicyclic) bond motifs is 1. The Balaban J connectivity index is 2.25. The number of ketones is 1. The van der Waals surface area contributed by atoms with Gasteiger partial charge in [-0.25, -0.2) is 0 Å². The Bertz CT molecular complexity index is 236. The molecular weight excluding hydrogens is 162 g/mol. The van der Waals surface area contributed by atoms with Crippen molar-refractivity contribution >= 4 is 5.78 Å². The van der Waals surface area contributed by atoms with Crippen LogP contribution in [0.5, 0.6) is 0 Å². The highest BCUT2D eigenvalue weighted by molar-refractivity contribution is 5.89. The molecule has 2 nitrogen and oxygen atoms in total. The summed E-state index contributed by atoms with van der Waals surface area (Å²) in [5.74, 6) is 0.455. The second-order valence-corrected chi connectivity index (χ2v) is 4.14. The van der Waals surface area contributed by atoms with E-state index in [9.17, 15) is 4.79 Å². The first-order chi connectivity index (χ1) is 6.29. The van der Waals surface area contributed by atoms with Crippen molar-refractivity contribution in [2.24, 2.45) is 0 Å². The molecule has 0 bridgehead atoms. The van der Waals surface area contributed by atoms with Crippen LogP contribution in [0.1, 0.15) is 32.1 Å². The van der Waals surface area contributed by atoms with E-state index in [1.807, 2.05) is 6.08 Å². The van der Waals surface area contributed by atoms with Crippen LogP contribution in [-0.2, 0) is 4.79 Å². The van der Waals surface area contributed by atoms with Crippen LogP contribution in [0, 0.1) is 0 Å². The summed E-state index contributed by atoms with van der Waals surface area (Å²) in [7, 11) is 0. The van der Waals surface area contributed by atoms with Gasteiger partial charge in [-0.1, -0.05) is 6.08 Å². The average Bonchev–Trinajstić information content (AvgIpc) is 2.51. The maximum absolute atomic E-state index is 11.9. The zero-order chi connectivity index (χ0) is 9.31. The van der Waals surface area contributed by atoms with Gasteiger partial charge >= 0.3 is 0 Å². The fourth-order valence-corrected chi connectivity index (χ4v) is 2.82. The zero-order valence-corrected chi connectivity index (χ0v) is 8.09. The fraction of sp³-hybridized carbons (Fsp3) is 0.727. The van der Waals surface area contributed by atoms with Gasteiger partial charge in [0, 0.05) is 6.42 Å². The molecule has 2 heteroatoms. The maximum Gasteiger partial charge on any atom is 0.153 e. The Labute approximate surface area is 79.6 Å². The van der Waals surface area contributed by atoms with Gasteiger partial charge in [-0.3, -0.25) is 9.69 Å². The van der Waals surface area contributed by atoms with E-state index in [4.69, 9.17) is 0 Å². The van der Waals surface area contributed by atoms with E-state index in [1.54, 1.807) is 0 Å². The van der Waals surface area contributed by atoms with E-state index in [-0.39, 0.29) is 5.54 Å². The highest BCUT2D eigenvalue weighted by atomic mass is 16.1. The van der Waals surface area contributed by atoms with Gasteiger partial charge in [0.05, 0.1) is 5.54 Å². The van der Waals surface area contributed by atoms with Gasteiger partial charge in [-0.15, -0.1) is 6.58 Å². The van der Waals surface area contributed by atoms with Crippen molar-refractivity contribution in [3.8, 4) is 0 Å². The van der Waals surface area contributed by atoms with Crippen molar-refractivity contribution in [1.29, 1.82) is 0 Å². The third-order valence-electron chi connectivity index (χ3n) is 3.46. The monoisotopic (exact) mass is 179 g/mol. The van der Waals surface area contributed by atoms with E-state index >= 15 is 0 Å². The first-order valence-corrected chi connectivity index (χ1v) is 5.19. The normalized spacial score (nSPS) is 34.6. The highest BCUT2D eigenvalue weighted by Gasteiger charge is 2.47. The second kappa shape index (κ2) is 3.26. The maximum atomic E-state index is 11.9. The molecule has 0 N–H and O–H groups in total. The fourth-order valence-electron chi connectivity index (χ4n) is 2.82. The van der Waals surface area contributed by atoms with Crippen molar-refractivity contribution in [2.75, 3.05) is 13.1 Å². The molecule has 2 fully saturated rings. The van der Waals surface area contributed by atoms with Crippen LogP contribution in [-0.4, -0.2) is 29.3 Å². The molecule has 0 aromatic heterocycles. The molecule has 0 aliphatic carbocycles. The number of carbonyl (C=O) groups excluding carboxylic acids is 1. The number of hydrogen-bond donors (Lipinski definition) is 0. The molecule has 2 saturated heterocycles. The van der Waals surface area contributed by atoms with Gasteiger partial charge < -0.3 is 0 Å². The topological polar surface area (TPSA) is 20.3 Å². The molecular formula is C11H17NO. The first-order valence-electron chi connectivity index (χ1n) is 5.19. The number of rotatable bonds is 2. The Morgan fingerprint density at radius 1 is 1.46 bits per heavy atom. The Hall–Kier alpha value is -0.630. The van der Waals surface area contributed by atoms with Crippen molar-refractivity contribution in [3.63, 3.8) is 0 Å². The molecule has 0 aromatic carbocycles. The Morgan fingerprint density at radius 2 is 2.23 bits per heavy atom. The van der Waals surface area contributed by atoms with Crippen LogP contribution >= 0.6 is 0 Å². The largest absolute Gasteiger partial charge is 0.298 e. The van der Waals surface area contributed by atoms with Gasteiger partial charge in [0.1, 0.15) is 0 Å². The molecule has 0 radical (unpaired) electrons. The Kier molecular flexibility index (Phi) is 2.24. The minimum atomic E-state index is -0.125. The van der Waals surface area contributed by atoms with Gasteiger partial charge in [-0.2, -0.15) is 0 Å². The van der Waals surface area contributed by atoms with Crippen LogP contribution in [0.4, 0.5) is 0 Å². The lowest BCUT2D eigenvalue weighted by atomic mass is 9.82. The van der Waals surface area contributed by atoms with Gasteiger partial charge in [-0.05, 0) is 38.8 Å². The van der Waals surface area contributed by atoms with Crippen LogP contribution in [0.2, 0.25) is 0 Å². The SMILES string of the molecule is C=CC[C@]12CCCN1CCCC2=O. The molecule has 2 aliphatic rings. The molecule has 2 rings (SSSR count). The standard InChI is InChI=1S/C11H17NO/c1-2-6-11-7-4-9-12(11)8-3-5-10(11)13/h2H,1,3-9H2/t11-/m1/s1. The third kappa shape index (κ3) is 1.24. The van der Waals surface area contributed by atoms with Crippen molar-refractivity contribution < 1.29 is 4.79 Å². The van der Waals surface area contributed by atoms with E-state index in [1.165, 1.54) is 6.42 Å². The quantitative estimate of drug-likeness (QED) is 0.602. The second-order valence-electron chi connectivity index (χ2n) is 4.14. The summed E-state index contributed by atoms with van der Waals surface area (Å²) in [6.45, 7) is 5.99. The number of nitrogens with zero attached hydrogens (tertiary/aromatic N) is 1. The summed E-state index contributed by atoms with van der Waals surface area (Å²) >= 11 is 0. The molecule has 0 amide bonds. The molecule has 0 spiro atoms. The highest BCUT2D eigenvalue weighted by Crippen LogP contribution is 2.37. The lowest BCUT2D eigenvalue weighted by molar-refractivity contribution is -0.132. The predicted octanol–water partition coefficient (Wildman–Crippen LogP) is 1.76. The van der Waals surface area contributed by atoms with E-state index in [2.05, 4.69) is 11.5 Å². The Morgan fingerprint density at radius 3 is 3.00 bits per heavy atom. The summed E-state index contributed by atoms with van der Waals surface area (Å²) < 4.78 is 0. The smallest absolute Gasteiger partial charge is 0.153 e. The van der Waals surface area contributed by atoms with Crippen molar-refractivity contribution in [3.05, 3.63) is 12.7 Å². The lowest BCUT2D eigenvalue weighted by Gasteiger charge is -2.40. The molecule has 1 atom stereocenters. The van der Waals surface area contributed by atoms with Crippen LogP contribution in [0.3, 0.4) is 0 Å². The lowest BCUT2D eigenvalue weighted by Crippen LogP contribution is -2.53. The van der Waals surface area contributed by atoms with Gasteiger partial charge in [0.15, 0.2) is 5.78 Å². The number of piperidine rings is 1. The van der Waals surface area contributed by atoms with Gasteiger partial charge in [0.2, 0.25) is 0 Å². The third-order valence-corrected chi connectivity index (χ3v) is 3.46. The van der Waals surface area contributed by atoms with E-state index < -0.39 is 0 Å². The summed E-state index contributed by atoms with van der Waals surface area (Å²) in [6.07, 6.45) is 6.83. The van der Waals surface area contributed by atoms with Crippen LogP contribution < -0.4 is 0 Å². The number of hydrogen-bond acceptors (Lipinski definition) is 2. The summed E-state index contributed by atoms with van der Waals surface area (Å²) in [5, 5.41) is 0. The average molecular weight is 179 g/mol. The van der Waals surface area contributed by atoms with Crippen LogP contribution in [0.15, 0.2) is 12.7 Å². The molecule has 2 heterocycles. The van der Waals surface area contributed by atoms with Crippen LogP contribution in [0.25, 0.3) is 0 Å². The van der Waals surface area contributed by atoms with E-state index in [0.29, 0.717) is 5.78 Å². The molecule has 0 unspecified atom stereocenters. The minimum absolute atomic E-state index is 0.125. The number of carbonyl (C=O) groups is 1. The van der Waals surface area contributed by atoms with Crippen molar-refractivity contribution in [1.82, 2.24) is 4.90 Å². The predicted molar refractivity (Wildman–Crippen MR) is 52.6 cm³/mol. The van der Waals surface area contributed by atoms with Crippen molar-refractivity contribution in [2.45, 2.75) is 37.6 Å². The first kappa shape index (κ1) is 8.95. The minimum Gasteiger partial charge on any atom is -0.298 e. The summed E-state index contributed by atoms with van der Waals surface area (Å²) in [5.41, 5.74) is -0.125. The zero-order valence-electron chi connectivity index (χ0n) is 8.09. The van der Waals surface area contributed by atoms with Gasteiger partial charge in [0.25, 0.3) is 0 Å². The molecule has 72 valence electrons.